The second-order valence-corrected chi connectivity index (χ2v) is 10.4. The SMILES string of the molecule is COC1=CC=C(Cn2ncc3c(S(N)(=O)=O)cc(NC(=O)Cc4ccccc4Cl)cc32)C(C)(F)C1. The molecular formula is C24H24ClFN4O4S. The highest BCUT2D eigenvalue weighted by Gasteiger charge is 2.33. The van der Waals surface area contributed by atoms with Crippen LogP contribution >= 0.6 is 11.6 Å². The number of benzene rings is 2. The first-order valence-electron chi connectivity index (χ1n) is 10.7. The van der Waals surface area contributed by atoms with Gasteiger partial charge >= 0.3 is 0 Å². The normalized spacial score (nSPS) is 18.2. The molecule has 35 heavy (non-hydrogen) atoms. The van der Waals surface area contributed by atoms with E-state index < -0.39 is 21.6 Å². The summed E-state index contributed by atoms with van der Waals surface area (Å²) in [5, 5.41) is 13.1. The Bertz CT molecular complexity index is 1480. The second kappa shape index (κ2) is 9.44. The molecule has 1 atom stereocenters. The van der Waals surface area contributed by atoms with Gasteiger partial charge in [-0.25, -0.2) is 17.9 Å². The number of halogens is 2. The van der Waals surface area contributed by atoms with Crippen LogP contribution in [0.5, 0.6) is 0 Å². The van der Waals surface area contributed by atoms with Crippen LogP contribution in [0.25, 0.3) is 10.9 Å². The lowest BCUT2D eigenvalue weighted by molar-refractivity contribution is -0.115. The second-order valence-electron chi connectivity index (χ2n) is 8.47. The molecule has 3 N–H and O–H groups in total. The fourth-order valence-electron chi connectivity index (χ4n) is 3.98. The summed E-state index contributed by atoms with van der Waals surface area (Å²) in [6.45, 7) is 1.51. The summed E-state index contributed by atoms with van der Waals surface area (Å²) in [5.41, 5.74) is -0.0274. The maximum atomic E-state index is 15.3. The van der Waals surface area contributed by atoms with Crippen LogP contribution in [0, 0.1) is 0 Å². The summed E-state index contributed by atoms with van der Waals surface area (Å²) in [7, 11) is -2.66. The van der Waals surface area contributed by atoms with E-state index in [0.717, 1.165) is 0 Å². The number of hydrogen-bond acceptors (Lipinski definition) is 5. The van der Waals surface area contributed by atoms with E-state index in [-0.39, 0.29) is 35.4 Å². The number of nitrogens with two attached hydrogens (primary N) is 1. The van der Waals surface area contributed by atoms with E-state index in [9.17, 15) is 13.2 Å². The number of ether oxygens (including phenoxy) is 1. The predicted octanol–water partition coefficient (Wildman–Crippen LogP) is 4.11. The Hall–Kier alpha value is -3.21. The van der Waals surface area contributed by atoms with Gasteiger partial charge in [0.15, 0.2) is 0 Å². The molecule has 1 unspecified atom stereocenters. The summed E-state index contributed by atoms with van der Waals surface area (Å²) >= 11 is 6.14. The van der Waals surface area contributed by atoms with Crippen LogP contribution in [0.4, 0.5) is 10.1 Å². The Morgan fingerprint density at radius 1 is 1.31 bits per heavy atom. The number of allylic oxidation sites excluding steroid dienone is 4. The van der Waals surface area contributed by atoms with E-state index >= 15 is 4.39 Å². The largest absolute Gasteiger partial charge is 0.501 e. The fraction of sp³-hybridized carbons (Fsp3) is 0.250. The molecule has 3 aromatic rings. The first-order valence-corrected chi connectivity index (χ1v) is 12.6. The molecule has 1 heterocycles. The van der Waals surface area contributed by atoms with Gasteiger partial charge in [-0.15, -0.1) is 0 Å². The number of fused-ring (bicyclic) bond motifs is 1. The summed E-state index contributed by atoms with van der Waals surface area (Å²) in [6.07, 6.45) is 4.74. The van der Waals surface area contributed by atoms with Gasteiger partial charge in [-0.3, -0.25) is 9.48 Å². The Morgan fingerprint density at radius 2 is 2.06 bits per heavy atom. The highest BCUT2D eigenvalue weighted by molar-refractivity contribution is 7.89. The van der Waals surface area contributed by atoms with Crippen LogP contribution in [0.15, 0.2) is 71.0 Å². The molecule has 0 saturated carbocycles. The monoisotopic (exact) mass is 518 g/mol. The molecule has 0 spiro atoms. The molecule has 1 aliphatic rings. The molecule has 184 valence electrons. The topological polar surface area (TPSA) is 116 Å². The van der Waals surface area contributed by atoms with Crippen LogP contribution < -0.4 is 10.5 Å². The van der Waals surface area contributed by atoms with E-state index in [2.05, 4.69) is 10.4 Å². The zero-order valence-corrected chi connectivity index (χ0v) is 20.7. The molecule has 4 rings (SSSR count). The van der Waals surface area contributed by atoms with Crippen LogP contribution in [-0.4, -0.2) is 36.9 Å². The maximum absolute atomic E-state index is 15.3. The van der Waals surface area contributed by atoms with Crippen molar-refractivity contribution in [2.24, 2.45) is 5.14 Å². The number of carbonyl (C=O) groups excluding carboxylic acids is 1. The first-order chi connectivity index (χ1) is 16.5. The Balaban J connectivity index is 1.70. The van der Waals surface area contributed by atoms with Gasteiger partial charge in [0, 0.05) is 22.5 Å². The zero-order chi connectivity index (χ0) is 25.4. The number of nitrogens with one attached hydrogen (secondary N) is 1. The van der Waals surface area contributed by atoms with Crippen molar-refractivity contribution in [3.05, 3.63) is 76.7 Å². The van der Waals surface area contributed by atoms with Gasteiger partial charge in [0.25, 0.3) is 0 Å². The zero-order valence-electron chi connectivity index (χ0n) is 19.1. The molecular weight excluding hydrogens is 495 g/mol. The summed E-state index contributed by atoms with van der Waals surface area (Å²) in [4.78, 5) is 12.5. The predicted molar refractivity (Wildman–Crippen MR) is 132 cm³/mol. The number of amides is 1. The molecule has 0 aliphatic heterocycles. The number of anilines is 1. The Kier molecular flexibility index (Phi) is 6.72. The highest BCUT2D eigenvalue weighted by atomic mass is 35.5. The minimum absolute atomic E-state index is 0.0110. The van der Waals surface area contributed by atoms with Gasteiger partial charge < -0.3 is 10.1 Å². The van der Waals surface area contributed by atoms with E-state index in [4.69, 9.17) is 21.5 Å². The van der Waals surface area contributed by atoms with E-state index in [1.165, 1.54) is 31.0 Å². The number of alkyl halides is 1. The van der Waals surface area contributed by atoms with Gasteiger partial charge in [-0.2, -0.15) is 5.10 Å². The number of aromatic nitrogens is 2. The van der Waals surface area contributed by atoms with Crippen LogP contribution in [0.3, 0.4) is 0 Å². The van der Waals surface area contributed by atoms with Crippen LogP contribution in [0.2, 0.25) is 5.02 Å². The number of primary sulfonamides is 1. The average molecular weight is 519 g/mol. The molecule has 11 heteroatoms. The molecule has 2 aromatic carbocycles. The quantitative estimate of drug-likeness (QED) is 0.488. The minimum Gasteiger partial charge on any atom is -0.501 e. The van der Waals surface area contributed by atoms with Crippen molar-refractivity contribution in [2.45, 2.75) is 36.9 Å². The average Bonchev–Trinajstić information content (AvgIpc) is 3.17. The molecule has 1 aliphatic carbocycles. The fourth-order valence-corrected chi connectivity index (χ4v) is 4.94. The first kappa shape index (κ1) is 24.9. The van der Waals surface area contributed by atoms with Gasteiger partial charge in [0.1, 0.15) is 5.67 Å². The summed E-state index contributed by atoms with van der Waals surface area (Å²) < 4.78 is 46.6. The third kappa shape index (κ3) is 5.39. The third-order valence-electron chi connectivity index (χ3n) is 5.85. The summed E-state index contributed by atoms with van der Waals surface area (Å²) in [5.74, 6) is 0.122. The lowest BCUT2D eigenvalue weighted by atomic mass is 9.89. The molecule has 1 amide bonds. The van der Waals surface area contributed by atoms with Crippen molar-refractivity contribution in [2.75, 3.05) is 12.4 Å². The maximum Gasteiger partial charge on any atom is 0.238 e. The molecule has 1 aromatic heterocycles. The van der Waals surface area contributed by atoms with Gasteiger partial charge in [0.2, 0.25) is 15.9 Å². The van der Waals surface area contributed by atoms with Gasteiger partial charge in [0.05, 0.1) is 42.4 Å². The van der Waals surface area contributed by atoms with Crippen LogP contribution in [-0.2, 0) is 32.5 Å². The van der Waals surface area contributed by atoms with Crippen molar-refractivity contribution in [3.8, 4) is 0 Å². The van der Waals surface area contributed by atoms with E-state index in [1.807, 2.05) is 0 Å². The van der Waals surface area contributed by atoms with E-state index in [0.29, 0.717) is 27.4 Å². The van der Waals surface area contributed by atoms with Crippen molar-refractivity contribution in [3.63, 3.8) is 0 Å². The van der Waals surface area contributed by atoms with Crippen molar-refractivity contribution < 1.29 is 22.3 Å². The number of methoxy groups -OCH3 is 1. The number of sulfonamides is 1. The molecule has 0 radical (unpaired) electrons. The molecule has 0 fully saturated rings. The Labute approximate surface area is 207 Å². The number of rotatable bonds is 7. The molecule has 0 bridgehead atoms. The molecule has 0 saturated heterocycles. The lowest BCUT2D eigenvalue weighted by Gasteiger charge is -2.28. The third-order valence-corrected chi connectivity index (χ3v) is 7.17. The standard InChI is InChI=1S/C24H24ClFN4O4S/c1-24(26)12-18(34-2)8-7-16(24)14-30-21-10-17(11-22(35(27,32)33)19(21)13-28-30)29-23(31)9-15-5-3-4-6-20(15)25/h3-8,10-11,13H,9,12,14H2,1-2H3,(H,29,31)(H2,27,32,33). The van der Waals surface area contributed by atoms with Crippen molar-refractivity contribution in [1.29, 1.82) is 0 Å². The lowest BCUT2D eigenvalue weighted by Crippen LogP contribution is -2.27. The Morgan fingerprint density at radius 3 is 2.71 bits per heavy atom. The highest BCUT2D eigenvalue weighted by Crippen LogP contribution is 2.35. The summed E-state index contributed by atoms with van der Waals surface area (Å²) in [6, 6.07) is 9.79. The van der Waals surface area contributed by atoms with Crippen molar-refractivity contribution in [1.82, 2.24) is 9.78 Å². The van der Waals surface area contributed by atoms with Gasteiger partial charge in [-0.1, -0.05) is 35.9 Å². The van der Waals surface area contributed by atoms with E-state index in [1.54, 1.807) is 42.5 Å². The minimum atomic E-state index is -4.15. The number of hydrogen-bond donors (Lipinski definition) is 2. The number of nitrogens with zero attached hydrogens (tertiary/aromatic N) is 2. The van der Waals surface area contributed by atoms with Crippen molar-refractivity contribution >= 4 is 44.1 Å². The number of carbonyl (C=O) groups is 1. The van der Waals surface area contributed by atoms with Crippen LogP contribution in [0.1, 0.15) is 18.9 Å². The molecule has 8 nitrogen and oxygen atoms in total. The van der Waals surface area contributed by atoms with Gasteiger partial charge in [-0.05, 0) is 42.3 Å². The smallest absolute Gasteiger partial charge is 0.238 e.